The molecule has 21 heavy (non-hydrogen) atoms. The third-order valence-electron chi connectivity index (χ3n) is 2.77. The number of hydrogen-bond acceptors (Lipinski definition) is 7. The van der Waals surface area contributed by atoms with Gasteiger partial charge in [0.25, 0.3) is 0 Å². The fraction of sp³-hybridized carbons (Fsp3) is 0.545. The Bertz CT molecular complexity index is 698. The van der Waals surface area contributed by atoms with Gasteiger partial charge >= 0.3 is 11.7 Å². The Morgan fingerprint density at radius 2 is 2.24 bits per heavy atom. The van der Waals surface area contributed by atoms with Crippen molar-refractivity contribution in [3.63, 3.8) is 0 Å². The molecule has 112 valence electrons. The number of nitrogens with zero attached hydrogens (tertiary/aromatic N) is 5. The molecule has 10 heteroatoms. The lowest BCUT2D eigenvalue weighted by Crippen LogP contribution is -2.16. The molecular formula is C11H13ClN6O2S. The zero-order valence-electron chi connectivity index (χ0n) is 11.2. The minimum atomic E-state index is -0.220. The van der Waals surface area contributed by atoms with Crippen LogP contribution in [0.5, 0.6) is 6.01 Å². The first kappa shape index (κ1) is 14.3. The van der Waals surface area contributed by atoms with E-state index >= 15 is 0 Å². The summed E-state index contributed by atoms with van der Waals surface area (Å²) in [5.41, 5.74) is -0.220. The van der Waals surface area contributed by atoms with Crippen LogP contribution in [0.25, 0.3) is 0 Å². The molecule has 8 nitrogen and oxygen atoms in total. The molecule has 0 spiro atoms. The summed E-state index contributed by atoms with van der Waals surface area (Å²) < 4.78 is 6.97. The number of H-pyrrole nitrogens is 1. The minimum Gasteiger partial charge on any atom is -0.463 e. The lowest BCUT2D eigenvalue weighted by Gasteiger charge is -2.05. The topological polar surface area (TPSA) is 98.6 Å². The molecule has 1 aliphatic carbocycles. The Hall–Kier alpha value is -1.61. The van der Waals surface area contributed by atoms with Gasteiger partial charge in [-0.05, 0) is 42.6 Å². The van der Waals surface area contributed by atoms with Crippen LogP contribution in [0.4, 0.5) is 0 Å². The standard InChI is InChI=1S/C11H13ClN6O2S/c1-2-5-20-8-13-7(12)14-9(15-8)21-11-17-16-10(19)18(11)6-3-4-6/h6H,2-5H2,1H3,(H,16,19). The highest BCUT2D eigenvalue weighted by Gasteiger charge is 2.29. The van der Waals surface area contributed by atoms with E-state index in [1.807, 2.05) is 6.92 Å². The summed E-state index contributed by atoms with van der Waals surface area (Å²) in [6.07, 6.45) is 2.80. The molecule has 2 heterocycles. The first-order chi connectivity index (χ1) is 10.2. The summed E-state index contributed by atoms with van der Waals surface area (Å²) in [5, 5.41) is 7.36. The van der Waals surface area contributed by atoms with Crippen LogP contribution in [0.15, 0.2) is 15.1 Å². The van der Waals surface area contributed by atoms with Gasteiger partial charge in [0.15, 0.2) is 5.16 Å². The Kier molecular flexibility index (Phi) is 4.11. The molecule has 0 saturated heterocycles. The SMILES string of the molecule is CCCOc1nc(Cl)nc(Sc2n[nH]c(=O)n2C2CC2)n1. The molecule has 1 N–H and O–H groups in total. The summed E-state index contributed by atoms with van der Waals surface area (Å²) in [6, 6.07) is 0.391. The van der Waals surface area contributed by atoms with Gasteiger partial charge in [0.05, 0.1) is 6.61 Å². The Labute approximate surface area is 129 Å². The second-order valence-electron chi connectivity index (χ2n) is 4.53. The van der Waals surface area contributed by atoms with E-state index in [-0.39, 0.29) is 23.0 Å². The predicted octanol–water partition coefficient (Wildman–Crippen LogP) is 1.68. The largest absolute Gasteiger partial charge is 0.463 e. The number of ether oxygens (including phenoxy) is 1. The van der Waals surface area contributed by atoms with E-state index in [1.165, 1.54) is 0 Å². The van der Waals surface area contributed by atoms with E-state index in [9.17, 15) is 4.79 Å². The fourth-order valence-corrected chi connectivity index (χ4v) is 2.76. The molecule has 0 atom stereocenters. The van der Waals surface area contributed by atoms with Crippen LogP contribution >= 0.6 is 23.4 Å². The van der Waals surface area contributed by atoms with Crippen LogP contribution in [0.2, 0.25) is 5.28 Å². The van der Waals surface area contributed by atoms with E-state index in [1.54, 1.807) is 4.57 Å². The van der Waals surface area contributed by atoms with Crippen LogP contribution in [-0.2, 0) is 0 Å². The van der Waals surface area contributed by atoms with Gasteiger partial charge < -0.3 is 4.74 Å². The Morgan fingerprint density at radius 1 is 1.43 bits per heavy atom. The van der Waals surface area contributed by atoms with Crippen molar-refractivity contribution >= 4 is 23.4 Å². The molecular weight excluding hydrogens is 316 g/mol. The minimum absolute atomic E-state index is 0.0504. The molecule has 0 bridgehead atoms. The fourth-order valence-electron chi connectivity index (χ4n) is 1.72. The number of halogens is 1. The predicted molar refractivity (Wildman–Crippen MR) is 75.9 cm³/mol. The molecule has 2 aromatic rings. The third-order valence-corrected chi connectivity index (χ3v) is 3.77. The third kappa shape index (κ3) is 3.35. The number of aromatic amines is 1. The normalized spacial score (nSPS) is 14.4. The monoisotopic (exact) mass is 328 g/mol. The van der Waals surface area contributed by atoms with Crippen LogP contribution in [-0.4, -0.2) is 36.3 Å². The van der Waals surface area contributed by atoms with E-state index in [2.05, 4.69) is 25.1 Å². The lowest BCUT2D eigenvalue weighted by molar-refractivity contribution is 0.288. The maximum Gasteiger partial charge on any atom is 0.344 e. The van der Waals surface area contributed by atoms with Crippen molar-refractivity contribution in [2.24, 2.45) is 0 Å². The lowest BCUT2D eigenvalue weighted by atomic mass is 10.5. The number of nitrogens with one attached hydrogen (secondary N) is 1. The molecule has 0 amide bonds. The van der Waals surface area contributed by atoms with Gasteiger partial charge in [-0.3, -0.25) is 4.57 Å². The molecule has 2 aromatic heterocycles. The summed E-state index contributed by atoms with van der Waals surface area (Å²) in [6.45, 7) is 2.48. The van der Waals surface area contributed by atoms with E-state index in [0.717, 1.165) is 31.0 Å². The van der Waals surface area contributed by atoms with Gasteiger partial charge in [0.1, 0.15) is 0 Å². The van der Waals surface area contributed by atoms with Gasteiger partial charge in [0, 0.05) is 6.04 Å². The van der Waals surface area contributed by atoms with Gasteiger partial charge in [0.2, 0.25) is 10.4 Å². The van der Waals surface area contributed by atoms with Gasteiger partial charge in [-0.25, -0.2) is 9.89 Å². The molecule has 0 aromatic carbocycles. The second-order valence-corrected chi connectivity index (χ2v) is 5.81. The van der Waals surface area contributed by atoms with Gasteiger partial charge in [-0.15, -0.1) is 5.10 Å². The average Bonchev–Trinajstić information content (AvgIpc) is 3.21. The van der Waals surface area contributed by atoms with Gasteiger partial charge in [-0.1, -0.05) is 6.92 Å². The number of aromatic nitrogens is 6. The van der Waals surface area contributed by atoms with Crippen LogP contribution in [0.1, 0.15) is 32.2 Å². The van der Waals surface area contributed by atoms with Crippen molar-refractivity contribution in [2.45, 2.75) is 42.5 Å². The first-order valence-electron chi connectivity index (χ1n) is 6.56. The number of rotatable bonds is 6. The zero-order valence-corrected chi connectivity index (χ0v) is 12.8. The van der Waals surface area contributed by atoms with Crippen LogP contribution in [0, 0.1) is 0 Å². The second kappa shape index (κ2) is 6.02. The highest BCUT2D eigenvalue weighted by molar-refractivity contribution is 7.99. The van der Waals surface area contributed by atoms with Crippen molar-refractivity contribution in [1.82, 2.24) is 29.7 Å². The quantitative estimate of drug-likeness (QED) is 0.861. The molecule has 0 unspecified atom stereocenters. The molecule has 1 saturated carbocycles. The highest BCUT2D eigenvalue weighted by atomic mass is 35.5. The van der Waals surface area contributed by atoms with Crippen LogP contribution < -0.4 is 10.4 Å². The first-order valence-corrected chi connectivity index (χ1v) is 7.76. The average molecular weight is 329 g/mol. The summed E-state index contributed by atoms with van der Waals surface area (Å²) >= 11 is 7.02. The van der Waals surface area contributed by atoms with E-state index < -0.39 is 0 Å². The molecule has 1 aliphatic rings. The van der Waals surface area contributed by atoms with Crippen molar-refractivity contribution in [3.05, 3.63) is 15.8 Å². The summed E-state index contributed by atoms with van der Waals surface area (Å²) in [5.74, 6) is 0. The highest BCUT2D eigenvalue weighted by Crippen LogP contribution is 2.37. The van der Waals surface area contributed by atoms with Crippen LogP contribution in [0.3, 0.4) is 0 Å². The van der Waals surface area contributed by atoms with E-state index in [0.29, 0.717) is 16.9 Å². The van der Waals surface area contributed by atoms with Crippen molar-refractivity contribution in [3.8, 4) is 6.01 Å². The molecule has 1 fully saturated rings. The maximum absolute atomic E-state index is 11.7. The number of hydrogen-bond donors (Lipinski definition) is 1. The Balaban J connectivity index is 1.84. The van der Waals surface area contributed by atoms with Crippen molar-refractivity contribution < 1.29 is 4.74 Å². The molecule has 3 rings (SSSR count). The van der Waals surface area contributed by atoms with Gasteiger partial charge in [-0.2, -0.15) is 15.0 Å². The molecule has 0 radical (unpaired) electrons. The summed E-state index contributed by atoms with van der Waals surface area (Å²) in [4.78, 5) is 23.8. The maximum atomic E-state index is 11.7. The van der Waals surface area contributed by atoms with E-state index in [4.69, 9.17) is 16.3 Å². The zero-order chi connectivity index (χ0) is 14.8. The summed E-state index contributed by atoms with van der Waals surface area (Å²) in [7, 11) is 0. The smallest absolute Gasteiger partial charge is 0.344 e. The van der Waals surface area contributed by atoms with Crippen molar-refractivity contribution in [1.29, 1.82) is 0 Å². The van der Waals surface area contributed by atoms with Crippen molar-refractivity contribution in [2.75, 3.05) is 6.61 Å². The Morgan fingerprint density at radius 3 is 2.95 bits per heavy atom. The molecule has 0 aliphatic heterocycles.